The minimum atomic E-state index is 0.232. The molecule has 0 radical (unpaired) electrons. The number of rotatable bonds is 5. The minimum absolute atomic E-state index is 0.232. The maximum atomic E-state index is 12.0. The van der Waals surface area contributed by atoms with Gasteiger partial charge in [-0.15, -0.1) is 0 Å². The van der Waals surface area contributed by atoms with E-state index in [1.807, 2.05) is 13.0 Å². The average Bonchev–Trinajstić information content (AvgIpc) is 2.78. The highest BCUT2D eigenvalue weighted by molar-refractivity contribution is 5.81. The van der Waals surface area contributed by atoms with Crippen LogP contribution in [-0.2, 0) is 11.3 Å². The van der Waals surface area contributed by atoms with Crippen molar-refractivity contribution in [2.45, 2.75) is 46.1 Å². The summed E-state index contributed by atoms with van der Waals surface area (Å²) >= 11 is 0. The number of carbonyl (C=O) groups is 1. The fourth-order valence-electron chi connectivity index (χ4n) is 3.06. The maximum absolute atomic E-state index is 12.0. The molecule has 1 aromatic rings. The van der Waals surface area contributed by atoms with Crippen LogP contribution in [0.3, 0.4) is 0 Å². The number of hydrogen-bond acceptors (Lipinski definition) is 3. The van der Waals surface area contributed by atoms with Crippen LogP contribution in [0.2, 0.25) is 0 Å². The van der Waals surface area contributed by atoms with Crippen molar-refractivity contribution < 1.29 is 9.21 Å². The third kappa shape index (κ3) is 3.69. The molecule has 1 saturated carbocycles. The molecule has 1 aliphatic rings. The summed E-state index contributed by atoms with van der Waals surface area (Å²) in [6, 6.07) is 2.02. The van der Waals surface area contributed by atoms with E-state index >= 15 is 0 Å². The Bertz CT molecular complexity index is 424. The standard InChI is InChI=1S/C16H25NO2/c1-4-13-5-6-16(18)15(9-13)11-17(3)10-14-7-8-19-12(14)2/h7-8,13,15H,4-6,9-11H2,1-3H3. The van der Waals surface area contributed by atoms with Gasteiger partial charge in [-0.1, -0.05) is 13.3 Å². The predicted octanol–water partition coefficient (Wildman–Crippen LogP) is 3.42. The van der Waals surface area contributed by atoms with Gasteiger partial charge in [-0.3, -0.25) is 4.79 Å². The summed E-state index contributed by atoms with van der Waals surface area (Å²) in [5.74, 6) is 2.41. The van der Waals surface area contributed by atoms with E-state index in [-0.39, 0.29) is 5.92 Å². The molecule has 0 aromatic carbocycles. The summed E-state index contributed by atoms with van der Waals surface area (Å²) < 4.78 is 5.32. The number of aryl methyl sites for hydroxylation is 1. The molecule has 1 fully saturated rings. The van der Waals surface area contributed by atoms with Crippen molar-refractivity contribution in [2.24, 2.45) is 11.8 Å². The number of nitrogens with zero attached hydrogens (tertiary/aromatic N) is 1. The molecular weight excluding hydrogens is 238 g/mol. The number of furan rings is 1. The highest BCUT2D eigenvalue weighted by Crippen LogP contribution is 2.29. The smallest absolute Gasteiger partial charge is 0.137 e. The summed E-state index contributed by atoms with van der Waals surface area (Å²) in [6.07, 6.45) is 5.88. The quantitative estimate of drug-likeness (QED) is 0.816. The van der Waals surface area contributed by atoms with Gasteiger partial charge in [0.05, 0.1) is 6.26 Å². The highest BCUT2D eigenvalue weighted by atomic mass is 16.3. The van der Waals surface area contributed by atoms with Crippen molar-refractivity contribution in [1.29, 1.82) is 0 Å². The second kappa shape index (κ2) is 6.38. The van der Waals surface area contributed by atoms with E-state index in [1.54, 1.807) is 6.26 Å². The Morgan fingerprint density at radius 3 is 2.89 bits per heavy atom. The second-order valence-electron chi connectivity index (χ2n) is 5.91. The zero-order valence-corrected chi connectivity index (χ0v) is 12.3. The predicted molar refractivity (Wildman–Crippen MR) is 75.9 cm³/mol. The summed E-state index contributed by atoms with van der Waals surface area (Å²) in [5, 5.41) is 0. The summed E-state index contributed by atoms with van der Waals surface area (Å²) in [4.78, 5) is 14.3. The Kier molecular flexibility index (Phi) is 4.81. The van der Waals surface area contributed by atoms with Crippen LogP contribution in [0.1, 0.15) is 43.9 Å². The van der Waals surface area contributed by atoms with E-state index in [2.05, 4.69) is 18.9 Å². The molecule has 2 unspecified atom stereocenters. The van der Waals surface area contributed by atoms with Crippen molar-refractivity contribution in [1.82, 2.24) is 4.90 Å². The normalized spacial score (nSPS) is 24.1. The molecule has 1 aliphatic carbocycles. The zero-order valence-electron chi connectivity index (χ0n) is 12.3. The van der Waals surface area contributed by atoms with Crippen LogP contribution in [0, 0.1) is 18.8 Å². The molecule has 19 heavy (non-hydrogen) atoms. The molecule has 0 aliphatic heterocycles. The third-order valence-corrected chi connectivity index (χ3v) is 4.39. The van der Waals surface area contributed by atoms with Crippen molar-refractivity contribution >= 4 is 5.78 Å². The Labute approximate surface area is 116 Å². The lowest BCUT2D eigenvalue weighted by molar-refractivity contribution is -0.126. The van der Waals surface area contributed by atoms with Crippen LogP contribution < -0.4 is 0 Å². The highest BCUT2D eigenvalue weighted by Gasteiger charge is 2.28. The fourth-order valence-corrected chi connectivity index (χ4v) is 3.06. The molecule has 0 amide bonds. The van der Waals surface area contributed by atoms with E-state index in [1.165, 1.54) is 12.0 Å². The van der Waals surface area contributed by atoms with E-state index in [9.17, 15) is 4.79 Å². The van der Waals surface area contributed by atoms with Gasteiger partial charge in [0.1, 0.15) is 11.5 Å². The summed E-state index contributed by atoms with van der Waals surface area (Å²) in [6.45, 7) is 5.96. The second-order valence-corrected chi connectivity index (χ2v) is 5.91. The van der Waals surface area contributed by atoms with Crippen LogP contribution in [-0.4, -0.2) is 24.3 Å². The molecule has 3 nitrogen and oxygen atoms in total. The topological polar surface area (TPSA) is 33.5 Å². The molecule has 0 bridgehead atoms. The Balaban J connectivity index is 1.88. The van der Waals surface area contributed by atoms with Crippen LogP contribution in [0.5, 0.6) is 0 Å². The van der Waals surface area contributed by atoms with Crippen LogP contribution in [0.25, 0.3) is 0 Å². The molecular formula is C16H25NO2. The number of Topliss-reactive ketones (excluding diaryl/α,β-unsaturated/α-hetero) is 1. The first kappa shape index (κ1) is 14.3. The molecule has 106 valence electrons. The molecule has 2 rings (SSSR count). The largest absolute Gasteiger partial charge is 0.469 e. The number of hydrogen-bond donors (Lipinski definition) is 0. The number of carbonyl (C=O) groups excluding carboxylic acids is 1. The molecule has 2 atom stereocenters. The van der Waals surface area contributed by atoms with E-state index in [0.717, 1.165) is 44.0 Å². The van der Waals surface area contributed by atoms with Crippen LogP contribution >= 0.6 is 0 Å². The van der Waals surface area contributed by atoms with E-state index < -0.39 is 0 Å². The van der Waals surface area contributed by atoms with Gasteiger partial charge in [-0.05, 0) is 38.8 Å². The molecule has 1 heterocycles. The van der Waals surface area contributed by atoms with Gasteiger partial charge < -0.3 is 9.32 Å². The maximum Gasteiger partial charge on any atom is 0.137 e. The van der Waals surface area contributed by atoms with Gasteiger partial charge in [0.15, 0.2) is 0 Å². The number of ketones is 1. The lowest BCUT2D eigenvalue weighted by Crippen LogP contribution is -2.34. The molecule has 0 saturated heterocycles. The molecule has 0 N–H and O–H groups in total. The van der Waals surface area contributed by atoms with Crippen LogP contribution in [0.15, 0.2) is 16.7 Å². The average molecular weight is 263 g/mol. The van der Waals surface area contributed by atoms with Crippen molar-refractivity contribution in [3.8, 4) is 0 Å². The first-order valence-electron chi connectivity index (χ1n) is 7.34. The first-order valence-corrected chi connectivity index (χ1v) is 7.34. The van der Waals surface area contributed by atoms with Crippen molar-refractivity contribution in [2.75, 3.05) is 13.6 Å². The minimum Gasteiger partial charge on any atom is -0.469 e. The molecule has 1 aromatic heterocycles. The summed E-state index contributed by atoms with van der Waals surface area (Å²) in [7, 11) is 2.09. The first-order chi connectivity index (χ1) is 9.10. The summed E-state index contributed by atoms with van der Waals surface area (Å²) in [5.41, 5.74) is 1.22. The Morgan fingerprint density at radius 1 is 1.47 bits per heavy atom. The lowest BCUT2D eigenvalue weighted by atomic mass is 9.79. The van der Waals surface area contributed by atoms with Gasteiger partial charge in [0.2, 0.25) is 0 Å². The van der Waals surface area contributed by atoms with Gasteiger partial charge in [-0.25, -0.2) is 0 Å². The van der Waals surface area contributed by atoms with E-state index in [0.29, 0.717) is 5.78 Å². The Morgan fingerprint density at radius 2 is 2.26 bits per heavy atom. The van der Waals surface area contributed by atoms with Crippen molar-refractivity contribution in [3.05, 3.63) is 23.7 Å². The molecule has 3 heteroatoms. The van der Waals surface area contributed by atoms with Crippen LogP contribution in [0.4, 0.5) is 0 Å². The zero-order chi connectivity index (χ0) is 13.8. The fraction of sp³-hybridized carbons (Fsp3) is 0.688. The molecule has 0 spiro atoms. The van der Waals surface area contributed by atoms with Gasteiger partial charge in [0.25, 0.3) is 0 Å². The monoisotopic (exact) mass is 263 g/mol. The van der Waals surface area contributed by atoms with Crippen molar-refractivity contribution in [3.63, 3.8) is 0 Å². The Hall–Kier alpha value is -1.09. The lowest BCUT2D eigenvalue weighted by Gasteiger charge is -2.30. The third-order valence-electron chi connectivity index (χ3n) is 4.39. The van der Waals surface area contributed by atoms with Gasteiger partial charge in [-0.2, -0.15) is 0 Å². The van der Waals surface area contributed by atoms with Gasteiger partial charge in [0, 0.05) is 31.0 Å². The van der Waals surface area contributed by atoms with Gasteiger partial charge >= 0.3 is 0 Å². The van der Waals surface area contributed by atoms with E-state index in [4.69, 9.17) is 4.42 Å². The SMILES string of the molecule is CCC1CCC(=O)C(CN(C)Cc2ccoc2C)C1.